The molecule has 3 heteroatoms. The van der Waals surface area contributed by atoms with Crippen LogP contribution in [0.2, 0.25) is 0 Å². The van der Waals surface area contributed by atoms with Crippen molar-refractivity contribution in [2.24, 2.45) is 5.92 Å². The maximum absolute atomic E-state index is 8.16. The highest BCUT2D eigenvalue weighted by Gasteiger charge is 2.40. The minimum absolute atomic E-state index is 0.213. The summed E-state index contributed by atoms with van der Waals surface area (Å²) in [6.07, 6.45) is 27.1. The van der Waals surface area contributed by atoms with Crippen LogP contribution in [0.1, 0.15) is 44.1 Å². The fraction of sp³-hybridized carbons (Fsp3) is 0.178. The van der Waals surface area contributed by atoms with Crippen molar-refractivity contribution < 1.29 is 0 Å². The van der Waals surface area contributed by atoms with Crippen molar-refractivity contribution >= 4 is 28.4 Å². The number of nitrogens with one attached hydrogen (secondary N) is 1. The van der Waals surface area contributed by atoms with Crippen LogP contribution in [0.3, 0.4) is 0 Å². The van der Waals surface area contributed by atoms with E-state index in [9.17, 15) is 0 Å². The zero-order valence-corrected chi connectivity index (χ0v) is 27.1. The molecule has 5 aliphatic rings. The lowest BCUT2D eigenvalue weighted by molar-refractivity contribution is 0.689. The maximum Gasteiger partial charge on any atom is 0.0577 e. The van der Waals surface area contributed by atoms with Crippen LogP contribution in [0.25, 0.3) is 21.9 Å². The summed E-state index contributed by atoms with van der Waals surface area (Å²) in [5.74, 6) is 0.377. The third-order valence-electron chi connectivity index (χ3n) is 10.7. The van der Waals surface area contributed by atoms with Gasteiger partial charge in [0, 0.05) is 46.2 Å². The van der Waals surface area contributed by atoms with Crippen molar-refractivity contribution in [1.29, 1.82) is 5.41 Å². The lowest BCUT2D eigenvalue weighted by Crippen LogP contribution is -2.37. The average Bonchev–Trinajstić information content (AvgIpc) is 3.49. The summed E-state index contributed by atoms with van der Waals surface area (Å²) in [4.78, 5) is 5.16. The largest absolute Gasteiger partial charge is 0.337 e. The van der Waals surface area contributed by atoms with Crippen molar-refractivity contribution in [2.75, 3.05) is 9.80 Å². The molecular formula is C45H39N3. The van der Waals surface area contributed by atoms with Gasteiger partial charge in [-0.05, 0) is 114 Å². The quantitative estimate of drug-likeness (QED) is 0.217. The average molecular weight is 622 g/mol. The molecule has 4 aromatic carbocycles. The Morgan fingerprint density at radius 2 is 1.65 bits per heavy atom. The Kier molecular flexibility index (Phi) is 7.19. The van der Waals surface area contributed by atoms with Crippen molar-refractivity contribution in [3.05, 3.63) is 179 Å². The third kappa shape index (κ3) is 4.76. The summed E-state index contributed by atoms with van der Waals surface area (Å²) in [5.41, 5.74) is 14.2. The first-order valence-electron chi connectivity index (χ1n) is 17.4. The van der Waals surface area contributed by atoms with Gasteiger partial charge in [0.25, 0.3) is 0 Å². The zero-order valence-electron chi connectivity index (χ0n) is 27.1. The van der Waals surface area contributed by atoms with Gasteiger partial charge in [0.2, 0.25) is 0 Å². The Bertz CT molecular complexity index is 2150. The highest BCUT2D eigenvalue weighted by molar-refractivity contribution is 6.05. The van der Waals surface area contributed by atoms with Gasteiger partial charge in [0.05, 0.1) is 6.04 Å². The number of para-hydroxylation sites is 1. The highest BCUT2D eigenvalue weighted by atomic mass is 15.2. The zero-order chi connectivity index (χ0) is 32.0. The first-order valence-corrected chi connectivity index (χ1v) is 17.4. The Morgan fingerprint density at radius 3 is 2.52 bits per heavy atom. The molecule has 9 rings (SSSR count). The Hall–Kier alpha value is -5.41. The van der Waals surface area contributed by atoms with Gasteiger partial charge < -0.3 is 15.2 Å². The van der Waals surface area contributed by atoms with E-state index in [-0.39, 0.29) is 6.04 Å². The number of fused-ring (bicyclic) bond motifs is 5. The number of hydrogen-bond acceptors (Lipinski definition) is 3. The number of allylic oxidation sites excluding steroid dienone is 11. The molecular weight excluding hydrogens is 583 g/mol. The van der Waals surface area contributed by atoms with Gasteiger partial charge in [-0.15, -0.1) is 0 Å². The van der Waals surface area contributed by atoms with E-state index in [0.29, 0.717) is 5.92 Å². The maximum atomic E-state index is 8.16. The monoisotopic (exact) mass is 621 g/mol. The van der Waals surface area contributed by atoms with E-state index in [1.54, 1.807) is 0 Å². The van der Waals surface area contributed by atoms with Gasteiger partial charge in [0.1, 0.15) is 0 Å². The second kappa shape index (κ2) is 12.0. The fourth-order valence-electron chi connectivity index (χ4n) is 8.55. The molecule has 48 heavy (non-hydrogen) atoms. The topological polar surface area (TPSA) is 30.3 Å². The van der Waals surface area contributed by atoms with E-state index < -0.39 is 0 Å². The standard InChI is InChI=1S/C45H39N3/c46-30-34-22-21-32-12-5-7-17-39(32)45(34)33-23-25-36(26-24-33)48-43-19-9-8-18-40(43)41-28-27-37(29-44(41)48)47(35-14-2-1-3-15-35)42-20-10-13-31-11-4-6-16-38(31)42/h1-3,5-9,12-17,19,21-26,28-30,37,40,46H,4,10-11,18,20,27H2. The summed E-state index contributed by atoms with van der Waals surface area (Å²) < 4.78 is 0. The van der Waals surface area contributed by atoms with Crippen LogP contribution in [-0.4, -0.2) is 12.3 Å². The summed E-state index contributed by atoms with van der Waals surface area (Å²) in [7, 11) is 0. The molecule has 0 bridgehead atoms. The Morgan fingerprint density at radius 1 is 0.792 bits per heavy atom. The smallest absolute Gasteiger partial charge is 0.0577 e. The molecule has 4 aromatic rings. The molecule has 1 heterocycles. The second-order valence-corrected chi connectivity index (χ2v) is 13.4. The summed E-state index contributed by atoms with van der Waals surface area (Å²) in [5, 5.41) is 10.5. The van der Waals surface area contributed by atoms with Crippen LogP contribution in [0.5, 0.6) is 0 Å². The molecule has 1 saturated heterocycles. The van der Waals surface area contributed by atoms with Gasteiger partial charge in [-0.25, -0.2) is 0 Å². The van der Waals surface area contributed by atoms with Crippen molar-refractivity contribution in [3.8, 4) is 11.1 Å². The molecule has 0 saturated carbocycles. The van der Waals surface area contributed by atoms with Gasteiger partial charge in [-0.1, -0.05) is 103 Å². The van der Waals surface area contributed by atoms with Crippen LogP contribution in [0.4, 0.5) is 11.4 Å². The van der Waals surface area contributed by atoms with Crippen LogP contribution in [0, 0.1) is 11.3 Å². The molecule has 0 radical (unpaired) electrons. The molecule has 234 valence electrons. The van der Waals surface area contributed by atoms with Gasteiger partial charge in [-0.2, -0.15) is 0 Å². The predicted molar refractivity (Wildman–Crippen MR) is 201 cm³/mol. The fourth-order valence-corrected chi connectivity index (χ4v) is 8.55. The van der Waals surface area contributed by atoms with Crippen LogP contribution >= 0.6 is 0 Å². The minimum Gasteiger partial charge on any atom is -0.337 e. The van der Waals surface area contributed by atoms with Crippen molar-refractivity contribution in [1.82, 2.24) is 0 Å². The number of anilines is 2. The van der Waals surface area contributed by atoms with E-state index in [2.05, 4.69) is 149 Å². The molecule has 0 spiro atoms. The van der Waals surface area contributed by atoms with E-state index >= 15 is 0 Å². The molecule has 2 unspecified atom stereocenters. The van der Waals surface area contributed by atoms with E-state index in [0.717, 1.165) is 55.2 Å². The third-order valence-corrected chi connectivity index (χ3v) is 10.7. The molecule has 4 aliphatic carbocycles. The minimum atomic E-state index is 0.213. The summed E-state index contributed by atoms with van der Waals surface area (Å²) in [6.45, 7) is 0. The second-order valence-electron chi connectivity index (χ2n) is 13.4. The molecule has 2 atom stereocenters. The van der Waals surface area contributed by atoms with Crippen LogP contribution < -0.4 is 9.80 Å². The lowest BCUT2D eigenvalue weighted by atomic mass is 9.85. The molecule has 1 fully saturated rings. The van der Waals surface area contributed by atoms with Crippen molar-refractivity contribution in [3.63, 3.8) is 0 Å². The summed E-state index contributed by atoms with van der Waals surface area (Å²) >= 11 is 0. The van der Waals surface area contributed by atoms with Crippen LogP contribution in [0.15, 0.2) is 173 Å². The van der Waals surface area contributed by atoms with E-state index in [4.69, 9.17) is 5.41 Å². The van der Waals surface area contributed by atoms with E-state index in [1.807, 2.05) is 0 Å². The number of benzene rings is 4. The van der Waals surface area contributed by atoms with Crippen molar-refractivity contribution in [2.45, 2.75) is 44.6 Å². The van der Waals surface area contributed by atoms with Crippen LogP contribution in [-0.2, 0) is 0 Å². The molecule has 0 amide bonds. The number of hydrogen-bond donors (Lipinski definition) is 1. The molecule has 1 aliphatic heterocycles. The molecule has 1 N–H and O–H groups in total. The van der Waals surface area contributed by atoms with Gasteiger partial charge in [-0.3, -0.25) is 0 Å². The first-order chi connectivity index (χ1) is 23.8. The molecule has 0 aromatic heterocycles. The normalized spacial score (nSPS) is 21.1. The highest BCUT2D eigenvalue weighted by Crippen LogP contribution is 2.50. The number of nitrogens with zero attached hydrogens (tertiary/aromatic N) is 2. The first kappa shape index (κ1) is 28.8. The Balaban J connectivity index is 1.15. The Labute approximate surface area is 283 Å². The molecule has 3 nitrogen and oxygen atoms in total. The summed E-state index contributed by atoms with van der Waals surface area (Å²) in [6, 6.07) is 33.0. The van der Waals surface area contributed by atoms with E-state index in [1.165, 1.54) is 62.2 Å². The predicted octanol–water partition coefficient (Wildman–Crippen LogP) is 11.2. The van der Waals surface area contributed by atoms with Gasteiger partial charge >= 0.3 is 0 Å². The SMILES string of the molecule is N=Cc1ccc2ccccc2c1-c1ccc(N2C3=CC(N(C4=C5C=CCCC5=CCC4)c4ccccc4)CC=C3C3CC=CC=C32)cc1. The van der Waals surface area contributed by atoms with Gasteiger partial charge in [0.15, 0.2) is 0 Å². The lowest BCUT2D eigenvalue weighted by Gasteiger charge is -2.39. The number of rotatable bonds is 6.